The molecule has 0 atom stereocenters. The lowest BCUT2D eigenvalue weighted by molar-refractivity contribution is -0.384. The van der Waals surface area contributed by atoms with Crippen molar-refractivity contribution >= 4 is 17.3 Å². The minimum Gasteiger partial charge on any atom is -0.368 e. The van der Waals surface area contributed by atoms with E-state index in [9.17, 15) is 14.9 Å². The molecule has 1 amide bonds. The molecule has 1 aromatic carbocycles. The molecule has 0 spiro atoms. The molecule has 1 heterocycles. The van der Waals surface area contributed by atoms with Gasteiger partial charge < -0.3 is 9.80 Å². The molecule has 0 bridgehead atoms. The molecule has 138 valence electrons. The standard InChI is InChI=1S/C12H15N3O3.3C2H6/c1-10(16)13-6-8-14(9-7-13)11-2-4-12(5-3-11)15(17)18;3*1-2/h2-5H,6-9H2,1H3;3*1-2H3. The highest BCUT2D eigenvalue weighted by atomic mass is 16.6. The molecule has 1 fully saturated rings. The van der Waals surface area contributed by atoms with Crippen LogP contribution in [0.3, 0.4) is 0 Å². The molecule has 0 aromatic heterocycles. The number of carbonyl (C=O) groups excluding carboxylic acids is 1. The van der Waals surface area contributed by atoms with E-state index in [1.165, 1.54) is 12.1 Å². The molecule has 0 N–H and O–H groups in total. The summed E-state index contributed by atoms with van der Waals surface area (Å²) in [7, 11) is 0. The summed E-state index contributed by atoms with van der Waals surface area (Å²) >= 11 is 0. The van der Waals surface area contributed by atoms with Gasteiger partial charge in [0.15, 0.2) is 0 Å². The predicted octanol–water partition coefficient (Wildman–Crippen LogP) is 4.34. The maximum atomic E-state index is 11.2. The smallest absolute Gasteiger partial charge is 0.269 e. The monoisotopic (exact) mass is 339 g/mol. The number of hydrogen-bond donors (Lipinski definition) is 0. The summed E-state index contributed by atoms with van der Waals surface area (Å²) in [6.45, 7) is 16.5. The Morgan fingerprint density at radius 2 is 1.33 bits per heavy atom. The van der Waals surface area contributed by atoms with E-state index < -0.39 is 4.92 Å². The lowest BCUT2D eigenvalue weighted by Crippen LogP contribution is -2.48. The summed E-state index contributed by atoms with van der Waals surface area (Å²) < 4.78 is 0. The van der Waals surface area contributed by atoms with E-state index in [-0.39, 0.29) is 11.6 Å². The third-order valence-electron chi connectivity index (χ3n) is 3.15. The van der Waals surface area contributed by atoms with Gasteiger partial charge in [-0.05, 0) is 12.1 Å². The molecular weight excluding hydrogens is 306 g/mol. The molecule has 0 unspecified atom stereocenters. The number of anilines is 1. The topological polar surface area (TPSA) is 66.7 Å². The highest BCUT2D eigenvalue weighted by Crippen LogP contribution is 2.20. The van der Waals surface area contributed by atoms with E-state index in [0.29, 0.717) is 13.1 Å². The normalized spacial score (nSPS) is 12.5. The van der Waals surface area contributed by atoms with E-state index in [1.54, 1.807) is 19.1 Å². The summed E-state index contributed by atoms with van der Waals surface area (Å²) in [5, 5.41) is 10.6. The fourth-order valence-corrected chi connectivity index (χ4v) is 2.06. The number of hydrogen-bond acceptors (Lipinski definition) is 4. The third kappa shape index (κ3) is 7.94. The summed E-state index contributed by atoms with van der Waals surface area (Å²) in [6.07, 6.45) is 0. The van der Waals surface area contributed by atoms with Crippen LogP contribution in [0.2, 0.25) is 0 Å². The molecule has 1 aliphatic rings. The highest BCUT2D eigenvalue weighted by molar-refractivity contribution is 5.73. The van der Waals surface area contributed by atoms with Gasteiger partial charge in [-0.1, -0.05) is 41.5 Å². The Morgan fingerprint density at radius 3 is 1.67 bits per heavy atom. The van der Waals surface area contributed by atoms with Crippen LogP contribution in [0.1, 0.15) is 48.5 Å². The highest BCUT2D eigenvalue weighted by Gasteiger charge is 2.19. The number of rotatable bonds is 2. The van der Waals surface area contributed by atoms with Crippen LogP contribution in [0.5, 0.6) is 0 Å². The molecule has 0 radical (unpaired) electrons. The van der Waals surface area contributed by atoms with Crippen molar-refractivity contribution in [3.05, 3.63) is 34.4 Å². The minimum atomic E-state index is -0.405. The second-order valence-electron chi connectivity index (χ2n) is 4.27. The van der Waals surface area contributed by atoms with Crippen molar-refractivity contribution in [2.75, 3.05) is 31.1 Å². The Kier molecular flexibility index (Phi) is 14.6. The fourth-order valence-electron chi connectivity index (χ4n) is 2.06. The van der Waals surface area contributed by atoms with Gasteiger partial charge in [-0.2, -0.15) is 0 Å². The molecule has 1 aliphatic heterocycles. The second kappa shape index (κ2) is 14.5. The molecule has 0 saturated carbocycles. The van der Waals surface area contributed by atoms with Crippen molar-refractivity contribution in [3.63, 3.8) is 0 Å². The van der Waals surface area contributed by atoms with Gasteiger partial charge in [0.25, 0.3) is 5.69 Å². The van der Waals surface area contributed by atoms with E-state index in [4.69, 9.17) is 0 Å². The van der Waals surface area contributed by atoms with Gasteiger partial charge in [-0.3, -0.25) is 14.9 Å². The number of non-ortho nitro benzene ring substituents is 1. The number of carbonyl (C=O) groups is 1. The summed E-state index contributed by atoms with van der Waals surface area (Å²) in [5.74, 6) is 0.0957. The molecule has 6 nitrogen and oxygen atoms in total. The van der Waals surface area contributed by atoms with Gasteiger partial charge in [0.05, 0.1) is 4.92 Å². The Morgan fingerprint density at radius 1 is 0.917 bits per heavy atom. The van der Waals surface area contributed by atoms with Crippen molar-refractivity contribution in [1.82, 2.24) is 4.90 Å². The van der Waals surface area contributed by atoms with Crippen LogP contribution >= 0.6 is 0 Å². The first kappa shape index (κ1) is 24.1. The average molecular weight is 339 g/mol. The van der Waals surface area contributed by atoms with E-state index in [1.807, 2.05) is 46.4 Å². The number of benzene rings is 1. The molecular formula is C18H33N3O3. The third-order valence-corrected chi connectivity index (χ3v) is 3.15. The quantitative estimate of drug-likeness (QED) is 0.594. The average Bonchev–Trinajstić information content (AvgIpc) is 2.67. The SMILES string of the molecule is CC.CC.CC.CC(=O)N1CCN(c2ccc([N+](=O)[O-])cc2)CC1. The first-order chi connectivity index (χ1) is 11.6. The van der Waals surface area contributed by atoms with Crippen molar-refractivity contribution < 1.29 is 9.72 Å². The summed E-state index contributed by atoms with van der Waals surface area (Å²) in [4.78, 5) is 25.3. The first-order valence-corrected chi connectivity index (χ1v) is 8.83. The fraction of sp³-hybridized carbons (Fsp3) is 0.611. The van der Waals surface area contributed by atoms with Crippen LogP contribution in [-0.2, 0) is 4.79 Å². The molecule has 1 aromatic rings. The minimum absolute atomic E-state index is 0.0957. The van der Waals surface area contributed by atoms with Crippen LogP contribution in [0, 0.1) is 10.1 Å². The van der Waals surface area contributed by atoms with Gasteiger partial charge in [0.2, 0.25) is 5.91 Å². The van der Waals surface area contributed by atoms with E-state index >= 15 is 0 Å². The van der Waals surface area contributed by atoms with Crippen molar-refractivity contribution in [1.29, 1.82) is 0 Å². The Balaban J connectivity index is 0. The van der Waals surface area contributed by atoms with Gasteiger partial charge in [0, 0.05) is 50.9 Å². The number of piperazine rings is 1. The first-order valence-electron chi connectivity index (χ1n) is 8.83. The summed E-state index contributed by atoms with van der Waals surface area (Å²) in [6, 6.07) is 6.52. The molecule has 0 aliphatic carbocycles. The van der Waals surface area contributed by atoms with E-state index in [2.05, 4.69) is 4.90 Å². The number of nitrogens with zero attached hydrogens (tertiary/aromatic N) is 3. The van der Waals surface area contributed by atoms with Crippen LogP contribution in [-0.4, -0.2) is 41.9 Å². The molecule has 6 heteroatoms. The molecule has 2 rings (SSSR count). The Hall–Kier alpha value is -2.11. The Bertz CT molecular complexity index is 453. The lowest BCUT2D eigenvalue weighted by Gasteiger charge is -2.35. The van der Waals surface area contributed by atoms with Gasteiger partial charge in [-0.15, -0.1) is 0 Å². The number of nitro groups is 1. The van der Waals surface area contributed by atoms with Crippen molar-refractivity contribution in [3.8, 4) is 0 Å². The van der Waals surface area contributed by atoms with Crippen LogP contribution in [0.25, 0.3) is 0 Å². The maximum absolute atomic E-state index is 11.2. The van der Waals surface area contributed by atoms with Crippen molar-refractivity contribution in [2.45, 2.75) is 48.5 Å². The zero-order chi connectivity index (χ0) is 19.1. The number of amides is 1. The zero-order valence-corrected chi connectivity index (χ0v) is 16.2. The lowest BCUT2D eigenvalue weighted by atomic mass is 10.2. The largest absolute Gasteiger partial charge is 0.368 e. The van der Waals surface area contributed by atoms with Gasteiger partial charge in [0.1, 0.15) is 0 Å². The molecule has 1 saturated heterocycles. The number of nitro benzene ring substituents is 1. The second-order valence-corrected chi connectivity index (χ2v) is 4.27. The predicted molar refractivity (Wildman–Crippen MR) is 102 cm³/mol. The van der Waals surface area contributed by atoms with Gasteiger partial charge in [-0.25, -0.2) is 0 Å². The zero-order valence-electron chi connectivity index (χ0n) is 16.2. The maximum Gasteiger partial charge on any atom is 0.269 e. The van der Waals surface area contributed by atoms with Gasteiger partial charge >= 0.3 is 0 Å². The molecule has 24 heavy (non-hydrogen) atoms. The van der Waals surface area contributed by atoms with Crippen LogP contribution in [0.4, 0.5) is 11.4 Å². The van der Waals surface area contributed by atoms with E-state index in [0.717, 1.165) is 18.8 Å². The van der Waals surface area contributed by atoms with Crippen molar-refractivity contribution in [2.24, 2.45) is 0 Å². The van der Waals surface area contributed by atoms with Crippen LogP contribution in [0.15, 0.2) is 24.3 Å². The summed E-state index contributed by atoms with van der Waals surface area (Å²) in [5.41, 5.74) is 1.06. The van der Waals surface area contributed by atoms with Crippen LogP contribution < -0.4 is 4.90 Å². The Labute approximate surface area is 146 Å².